The summed E-state index contributed by atoms with van der Waals surface area (Å²) in [6.07, 6.45) is 4.22. The third-order valence-corrected chi connectivity index (χ3v) is 4.24. The second-order valence-electron chi connectivity index (χ2n) is 5.40. The summed E-state index contributed by atoms with van der Waals surface area (Å²) in [6.45, 7) is 10.0. The van der Waals surface area contributed by atoms with Crippen LogP contribution >= 0.6 is 0 Å². The zero-order chi connectivity index (χ0) is 11.4. The van der Waals surface area contributed by atoms with Crippen LogP contribution in [0.1, 0.15) is 26.2 Å². The number of nitrogens with one attached hydrogen (secondary N) is 1. The molecule has 0 aromatic rings. The van der Waals surface area contributed by atoms with Crippen LogP contribution in [0, 0.1) is 5.92 Å². The molecule has 1 N–H and O–H groups in total. The fourth-order valence-electron chi connectivity index (χ4n) is 3.35. The van der Waals surface area contributed by atoms with Crippen molar-refractivity contribution in [3.63, 3.8) is 0 Å². The summed E-state index contributed by atoms with van der Waals surface area (Å²) >= 11 is 0. The third kappa shape index (κ3) is 2.96. The molecule has 0 aromatic carbocycles. The SMILES string of the molecule is CCN1CCCC1CN1CCC(CNC)C1. The second kappa shape index (κ2) is 5.99. The molecule has 0 aromatic heterocycles. The molecule has 2 atom stereocenters. The Kier molecular flexibility index (Phi) is 4.62. The van der Waals surface area contributed by atoms with E-state index >= 15 is 0 Å². The average molecular weight is 225 g/mol. The van der Waals surface area contributed by atoms with E-state index in [1.54, 1.807) is 0 Å². The predicted octanol–water partition coefficient (Wildman–Crippen LogP) is 1.01. The van der Waals surface area contributed by atoms with Crippen LogP contribution in [0.25, 0.3) is 0 Å². The molecule has 2 rings (SSSR count). The second-order valence-corrected chi connectivity index (χ2v) is 5.40. The van der Waals surface area contributed by atoms with Gasteiger partial charge in [-0.3, -0.25) is 4.90 Å². The van der Waals surface area contributed by atoms with E-state index in [9.17, 15) is 0 Å². The molecule has 3 nitrogen and oxygen atoms in total. The third-order valence-electron chi connectivity index (χ3n) is 4.24. The van der Waals surface area contributed by atoms with Crippen molar-refractivity contribution in [1.82, 2.24) is 15.1 Å². The van der Waals surface area contributed by atoms with E-state index in [2.05, 4.69) is 29.1 Å². The Bertz CT molecular complexity index is 207. The van der Waals surface area contributed by atoms with Crippen LogP contribution in [-0.4, -0.2) is 62.2 Å². The first-order valence-electron chi connectivity index (χ1n) is 6.94. The first kappa shape index (κ1) is 12.3. The molecule has 0 bridgehead atoms. The topological polar surface area (TPSA) is 18.5 Å². The van der Waals surface area contributed by atoms with Gasteiger partial charge in [0.05, 0.1) is 0 Å². The van der Waals surface area contributed by atoms with Gasteiger partial charge in [-0.15, -0.1) is 0 Å². The minimum atomic E-state index is 0.846. The highest BCUT2D eigenvalue weighted by molar-refractivity contribution is 4.85. The van der Waals surface area contributed by atoms with Crippen LogP contribution in [0.3, 0.4) is 0 Å². The summed E-state index contributed by atoms with van der Waals surface area (Å²) < 4.78 is 0. The van der Waals surface area contributed by atoms with Crippen LogP contribution in [0.2, 0.25) is 0 Å². The van der Waals surface area contributed by atoms with Gasteiger partial charge in [0.2, 0.25) is 0 Å². The highest BCUT2D eigenvalue weighted by Gasteiger charge is 2.28. The molecule has 2 saturated heterocycles. The Morgan fingerprint density at radius 2 is 2.12 bits per heavy atom. The van der Waals surface area contributed by atoms with Crippen LogP contribution < -0.4 is 5.32 Å². The first-order valence-corrected chi connectivity index (χ1v) is 6.94. The lowest BCUT2D eigenvalue weighted by Crippen LogP contribution is -2.39. The van der Waals surface area contributed by atoms with Crippen LogP contribution in [-0.2, 0) is 0 Å². The van der Waals surface area contributed by atoms with Crippen molar-refractivity contribution in [3.8, 4) is 0 Å². The average Bonchev–Trinajstić information content (AvgIpc) is 2.89. The molecule has 2 aliphatic heterocycles. The van der Waals surface area contributed by atoms with Gasteiger partial charge in [0, 0.05) is 19.1 Å². The molecule has 16 heavy (non-hydrogen) atoms. The Balaban J connectivity index is 1.74. The molecule has 2 fully saturated rings. The maximum Gasteiger partial charge on any atom is 0.0223 e. The number of hydrogen-bond donors (Lipinski definition) is 1. The Labute approximate surface area is 100 Å². The lowest BCUT2D eigenvalue weighted by molar-refractivity contribution is 0.195. The summed E-state index contributed by atoms with van der Waals surface area (Å²) in [6, 6.07) is 0.846. The van der Waals surface area contributed by atoms with E-state index in [0.29, 0.717) is 0 Å². The number of nitrogens with zero attached hydrogens (tertiary/aromatic N) is 2. The van der Waals surface area contributed by atoms with Gasteiger partial charge in [-0.1, -0.05) is 6.92 Å². The lowest BCUT2D eigenvalue weighted by atomic mass is 10.1. The van der Waals surface area contributed by atoms with Gasteiger partial charge in [0.25, 0.3) is 0 Å². The molecule has 0 saturated carbocycles. The largest absolute Gasteiger partial charge is 0.319 e. The lowest BCUT2D eigenvalue weighted by Gasteiger charge is -2.27. The molecule has 2 unspecified atom stereocenters. The quantitative estimate of drug-likeness (QED) is 0.753. The van der Waals surface area contributed by atoms with Crippen molar-refractivity contribution in [2.24, 2.45) is 5.92 Å². The Morgan fingerprint density at radius 1 is 1.25 bits per heavy atom. The first-order chi connectivity index (χ1) is 7.83. The van der Waals surface area contributed by atoms with E-state index in [0.717, 1.165) is 12.0 Å². The molecule has 0 spiro atoms. The maximum absolute atomic E-state index is 3.31. The van der Waals surface area contributed by atoms with Crippen LogP contribution in [0.15, 0.2) is 0 Å². The summed E-state index contributed by atoms with van der Waals surface area (Å²) in [4.78, 5) is 5.34. The van der Waals surface area contributed by atoms with E-state index < -0.39 is 0 Å². The maximum atomic E-state index is 3.31. The standard InChI is InChI=1S/C13H27N3/c1-3-16-7-4-5-13(16)11-15-8-6-12(10-15)9-14-2/h12-14H,3-11H2,1-2H3. The summed E-state index contributed by atoms with van der Waals surface area (Å²) in [5.41, 5.74) is 0. The zero-order valence-electron chi connectivity index (χ0n) is 10.9. The summed E-state index contributed by atoms with van der Waals surface area (Å²) in [7, 11) is 2.07. The number of rotatable bonds is 5. The van der Waals surface area contributed by atoms with Gasteiger partial charge in [-0.2, -0.15) is 0 Å². The smallest absolute Gasteiger partial charge is 0.0223 e. The molecule has 2 aliphatic rings. The minimum absolute atomic E-state index is 0.846. The van der Waals surface area contributed by atoms with Crippen molar-refractivity contribution < 1.29 is 0 Å². The van der Waals surface area contributed by atoms with Crippen molar-refractivity contribution >= 4 is 0 Å². The van der Waals surface area contributed by atoms with E-state index in [4.69, 9.17) is 0 Å². The van der Waals surface area contributed by atoms with E-state index in [-0.39, 0.29) is 0 Å². The van der Waals surface area contributed by atoms with Crippen molar-refractivity contribution in [3.05, 3.63) is 0 Å². The minimum Gasteiger partial charge on any atom is -0.319 e. The molecular weight excluding hydrogens is 198 g/mol. The van der Waals surface area contributed by atoms with Crippen LogP contribution in [0.5, 0.6) is 0 Å². The van der Waals surface area contributed by atoms with Gasteiger partial charge in [0.1, 0.15) is 0 Å². The van der Waals surface area contributed by atoms with Gasteiger partial charge in [0.15, 0.2) is 0 Å². The Hall–Kier alpha value is -0.120. The number of hydrogen-bond acceptors (Lipinski definition) is 3. The number of likely N-dealkylation sites (N-methyl/N-ethyl adjacent to an activating group) is 1. The van der Waals surface area contributed by atoms with Gasteiger partial charge < -0.3 is 10.2 Å². The van der Waals surface area contributed by atoms with E-state index in [1.807, 2.05) is 0 Å². The molecule has 2 heterocycles. The monoisotopic (exact) mass is 225 g/mol. The van der Waals surface area contributed by atoms with Crippen molar-refractivity contribution in [2.75, 3.05) is 46.3 Å². The molecular formula is C13H27N3. The molecule has 0 radical (unpaired) electrons. The van der Waals surface area contributed by atoms with Gasteiger partial charge >= 0.3 is 0 Å². The normalized spacial score (nSPS) is 32.6. The van der Waals surface area contributed by atoms with Crippen molar-refractivity contribution in [2.45, 2.75) is 32.2 Å². The van der Waals surface area contributed by atoms with Crippen molar-refractivity contribution in [1.29, 1.82) is 0 Å². The van der Waals surface area contributed by atoms with Crippen LogP contribution in [0.4, 0.5) is 0 Å². The highest BCUT2D eigenvalue weighted by atomic mass is 15.2. The fraction of sp³-hybridized carbons (Fsp3) is 1.00. The molecule has 0 aliphatic carbocycles. The zero-order valence-corrected chi connectivity index (χ0v) is 10.9. The Morgan fingerprint density at radius 3 is 2.88 bits per heavy atom. The van der Waals surface area contributed by atoms with Gasteiger partial charge in [-0.05, 0) is 58.4 Å². The molecule has 3 heteroatoms. The molecule has 0 amide bonds. The summed E-state index contributed by atoms with van der Waals surface area (Å²) in [5.74, 6) is 0.890. The molecule has 94 valence electrons. The van der Waals surface area contributed by atoms with E-state index in [1.165, 1.54) is 58.5 Å². The highest BCUT2D eigenvalue weighted by Crippen LogP contribution is 2.21. The predicted molar refractivity (Wildman–Crippen MR) is 68.7 cm³/mol. The fourth-order valence-corrected chi connectivity index (χ4v) is 3.35. The summed E-state index contributed by atoms with van der Waals surface area (Å²) in [5, 5.41) is 3.31. The number of likely N-dealkylation sites (tertiary alicyclic amines) is 2. The van der Waals surface area contributed by atoms with Gasteiger partial charge in [-0.25, -0.2) is 0 Å².